The predicted octanol–water partition coefficient (Wildman–Crippen LogP) is 7.14. The van der Waals surface area contributed by atoms with Crippen LogP contribution in [-0.2, 0) is 10.2 Å². The number of carbonyl (C=O) groups is 2. The molecule has 176 valence electrons. The molecule has 0 unspecified atom stereocenters. The molecule has 3 aromatic rings. The highest BCUT2D eigenvalue weighted by molar-refractivity contribution is 6.07. The first-order valence-electron chi connectivity index (χ1n) is 11.3. The maximum Gasteiger partial charge on any atom is 0.412 e. The fraction of sp³-hybridized carbons (Fsp3) is 0.286. The molecule has 0 saturated heterocycles. The Labute approximate surface area is 199 Å². The Kier molecular flexibility index (Phi) is 6.17. The second-order valence-corrected chi connectivity index (χ2v) is 9.99. The van der Waals surface area contributed by atoms with Crippen LogP contribution in [0.15, 0.2) is 66.7 Å². The van der Waals surface area contributed by atoms with Gasteiger partial charge in [0, 0.05) is 5.56 Å². The quantitative estimate of drug-likeness (QED) is 0.425. The Bertz CT molecular complexity index is 1210. The zero-order valence-electron chi connectivity index (χ0n) is 19.9. The van der Waals surface area contributed by atoms with Crippen molar-refractivity contribution in [3.05, 3.63) is 83.7 Å². The van der Waals surface area contributed by atoms with Crippen LogP contribution in [-0.4, -0.2) is 17.6 Å². The number of benzene rings is 3. The molecular weight excluding hydrogens is 431 g/mol. The van der Waals surface area contributed by atoms with E-state index in [0.29, 0.717) is 16.9 Å². The summed E-state index contributed by atoms with van der Waals surface area (Å²) in [4.78, 5) is 25.4. The van der Waals surface area contributed by atoms with Gasteiger partial charge in [-0.15, -0.1) is 0 Å². The third-order valence-corrected chi connectivity index (χ3v) is 5.92. The summed E-state index contributed by atoms with van der Waals surface area (Å²) in [5, 5.41) is 5.62. The van der Waals surface area contributed by atoms with Gasteiger partial charge in [-0.2, -0.15) is 0 Å². The minimum atomic E-state index is -0.665. The summed E-state index contributed by atoms with van der Waals surface area (Å²) < 4.78 is 18.7. The van der Waals surface area contributed by atoms with Crippen molar-refractivity contribution in [1.82, 2.24) is 0 Å². The Balaban J connectivity index is 1.61. The van der Waals surface area contributed by atoms with Crippen LogP contribution in [0.3, 0.4) is 0 Å². The van der Waals surface area contributed by atoms with Crippen molar-refractivity contribution in [2.24, 2.45) is 0 Å². The van der Waals surface area contributed by atoms with Crippen LogP contribution in [0.2, 0.25) is 0 Å². The Morgan fingerprint density at radius 2 is 1.47 bits per heavy atom. The average molecular weight is 461 g/mol. The number of carbonyl (C=O) groups excluding carboxylic acids is 2. The Morgan fingerprint density at radius 3 is 2.06 bits per heavy atom. The topological polar surface area (TPSA) is 67.4 Å². The summed E-state index contributed by atoms with van der Waals surface area (Å²) >= 11 is 0. The van der Waals surface area contributed by atoms with Crippen molar-refractivity contribution in [2.75, 3.05) is 10.6 Å². The highest BCUT2D eigenvalue weighted by Crippen LogP contribution is 2.47. The number of ether oxygens (including phenoxy) is 1. The second kappa shape index (κ2) is 8.93. The molecule has 1 aliphatic carbocycles. The lowest BCUT2D eigenvalue weighted by molar-refractivity contribution is 0.0635. The molecule has 0 radical (unpaired) electrons. The molecule has 1 saturated carbocycles. The zero-order valence-corrected chi connectivity index (χ0v) is 19.9. The fourth-order valence-corrected chi connectivity index (χ4v) is 3.69. The van der Waals surface area contributed by atoms with Crippen LogP contribution in [0, 0.1) is 5.82 Å². The minimum Gasteiger partial charge on any atom is -0.444 e. The summed E-state index contributed by atoms with van der Waals surface area (Å²) in [7, 11) is 0. The van der Waals surface area contributed by atoms with Gasteiger partial charge in [0.2, 0.25) is 0 Å². The highest BCUT2D eigenvalue weighted by Gasteiger charge is 2.38. The van der Waals surface area contributed by atoms with Crippen LogP contribution < -0.4 is 10.6 Å². The molecule has 0 bridgehead atoms. The molecule has 0 heterocycles. The lowest BCUT2D eigenvalue weighted by atomic mass is 9.97. The molecule has 3 aromatic carbocycles. The van der Waals surface area contributed by atoms with Gasteiger partial charge >= 0.3 is 6.09 Å². The standard InChI is InChI=1S/C28H29FN2O3/c1-27(2,3)34-26(33)31-23-14-9-20(18-7-12-22(29)13-8-18)17-24(23)30-25(32)19-5-10-21(11-6-19)28(4)15-16-28/h5-14,17H,15-16H2,1-4H3,(H,30,32)(H,31,33). The first-order valence-corrected chi connectivity index (χ1v) is 11.3. The summed E-state index contributed by atoms with van der Waals surface area (Å²) in [6, 6.07) is 18.9. The molecule has 4 rings (SSSR count). The molecule has 0 aliphatic heterocycles. The van der Waals surface area contributed by atoms with Gasteiger partial charge in [-0.1, -0.05) is 37.3 Å². The summed E-state index contributed by atoms with van der Waals surface area (Å²) in [5.41, 5.74) is 3.67. The van der Waals surface area contributed by atoms with E-state index in [1.165, 1.54) is 17.7 Å². The van der Waals surface area contributed by atoms with Crippen molar-refractivity contribution in [3.8, 4) is 11.1 Å². The molecule has 34 heavy (non-hydrogen) atoms. The van der Waals surface area contributed by atoms with Gasteiger partial charge in [-0.3, -0.25) is 10.1 Å². The van der Waals surface area contributed by atoms with Gasteiger partial charge in [-0.05, 0) is 92.1 Å². The summed E-state index contributed by atoms with van der Waals surface area (Å²) in [5.74, 6) is -0.625. The van der Waals surface area contributed by atoms with Gasteiger partial charge in [0.05, 0.1) is 11.4 Å². The van der Waals surface area contributed by atoms with E-state index in [1.807, 2.05) is 24.3 Å². The lowest BCUT2D eigenvalue weighted by Gasteiger charge is -2.21. The van der Waals surface area contributed by atoms with Crippen molar-refractivity contribution in [2.45, 2.75) is 51.6 Å². The molecule has 6 heteroatoms. The van der Waals surface area contributed by atoms with E-state index < -0.39 is 11.7 Å². The average Bonchev–Trinajstić information content (AvgIpc) is 3.53. The number of rotatable bonds is 5. The highest BCUT2D eigenvalue weighted by atomic mass is 19.1. The minimum absolute atomic E-state index is 0.225. The fourth-order valence-electron chi connectivity index (χ4n) is 3.69. The van der Waals surface area contributed by atoms with E-state index in [-0.39, 0.29) is 17.1 Å². The van der Waals surface area contributed by atoms with Crippen LogP contribution >= 0.6 is 0 Å². The number of halogens is 1. The number of amides is 2. The van der Waals surface area contributed by atoms with Crippen molar-refractivity contribution < 1.29 is 18.7 Å². The zero-order chi connectivity index (χ0) is 24.5. The Morgan fingerprint density at radius 1 is 0.853 bits per heavy atom. The maximum absolute atomic E-state index is 13.4. The second-order valence-electron chi connectivity index (χ2n) is 9.99. The summed E-state index contributed by atoms with van der Waals surface area (Å²) in [6.45, 7) is 7.55. The van der Waals surface area contributed by atoms with Crippen molar-refractivity contribution >= 4 is 23.4 Å². The van der Waals surface area contributed by atoms with E-state index in [1.54, 1.807) is 51.1 Å². The van der Waals surface area contributed by atoms with E-state index in [9.17, 15) is 14.0 Å². The molecule has 2 amide bonds. The number of anilines is 2. The van der Waals surface area contributed by atoms with Crippen molar-refractivity contribution in [3.63, 3.8) is 0 Å². The van der Waals surface area contributed by atoms with Gasteiger partial charge < -0.3 is 10.1 Å². The summed E-state index contributed by atoms with van der Waals surface area (Å²) in [6.07, 6.45) is 1.70. The smallest absolute Gasteiger partial charge is 0.412 e. The number of hydrogen-bond acceptors (Lipinski definition) is 3. The first kappa shape index (κ1) is 23.5. The van der Waals surface area contributed by atoms with Crippen molar-refractivity contribution in [1.29, 1.82) is 0 Å². The monoisotopic (exact) mass is 460 g/mol. The molecular formula is C28H29FN2O3. The molecule has 0 aromatic heterocycles. The van der Waals surface area contributed by atoms with E-state index >= 15 is 0 Å². The van der Waals surface area contributed by atoms with Gasteiger partial charge in [0.25, 0.3) is 5.91 Å². The maximum atomic E-state index is 13.4. The lowest BCUT2D eigenvalue weighted by Crippen LogP contribution is -2.27. The molecule has 0 spiro atoms. The Hall–Kier alpha value is -3.67. The van der Waals surface area contributed by atoms with E-state index in [2.05, 4.69) is 17.6 Å². The molecule has 5 nitrogen and oxygen atoms in total. The van der Waals surface area contributed by atoms with E-state index in [4.69, 9.17) is 4.74 Å². The van der Waals surface area contributed by atoms with E-state index in [0.717, 1.165) is 24.0 Å². The third kappa shape index (κ3) is 5.63. The number of hydrogen-bond donors (Lipinski definition) is 2. The molecule has 1 fully saturated rings. The van der Waals surface area contributed by atoms with Gasteiger partial charge in [0.1, 0.15) is 11.4 Å². The molecule has 0 atom stereocenters. The SMILES string of the molecule is CC(C)(C)OC(=O)Nc1ccc(-c2ccc(F)cc2)cc1NC(=O)c1ccc(C2(C)CC2)cc1. The van der Waals surface area contributed by atoms with Gasteiger partial charge in [-0.25, -0.2) is 9.18 Å². The van der Waals surface area contributed by atoms with Crippen LogP contribution in [0.25, 0.3) is 11.1 Å². The first-order chi connectivity index (χ1) is 16.0. The molecule has 2 N–H and O–H groups in total. The van der Waals surface area contributed by atoms with Crippen LogP contribution in [0.5, 0.6) is 0 Å². The van der Waals surface area contributed by atoms with Crippen LogP contribution in [0.1, 0.15) is 56.5 Å². The normalized spacial score (nSPS) is 14.3. The predicted molar refractivity (Wildman–Crippen MR) is 133 cm³/mol. The largest absolute Gasteiger partial charge is 0.444 e. The number of nitrogens with one attached hydrogen (secondary N) is 2. The van der Waals surface area contributed by atoms with Crippen LogP contribution in [0.4, 0.5) is 20.6 Å². The molecule has 1 aliphatic rings. The van der Waals surface area contributed by atoms with Gasteiger partial charge in [0.15, 0.2) is 0 Å². The third-order valence-electron chi connectivity index (χ3n) is 5.92.